The Morgan fingerprint density at radius 3 is 2.62 bits per heavy atom. The molecule has 0 saturated carbocycles. The minimum Gasteiger partial charge on any atom is -0.497 e. The van der Waals surface area contributed by atoms with Gasteiger partial charge in [-0.1, -0.05) is 6.92 Å². The standard InChI is InChI=1S/C12H18O4/c1-9(6-13)8-16-12-5-11(15-2)4-3-10(12)7-14/h3-5,9,13-14H,6-8H2,1-2H3. The summed E-state index contributed by atoms with van der Waals surface area (Å²) in [7, 11) is 1.58. The van der Waals surface area contributed by atoms with Crippen molar-refractivity contribution < 1.29 is 19.7 Å². The molecular weight excluding hydrogens is 208 g/mol. The molecule has 4 heteroatoms. The van der Waals surface area contributed by atoms with Gasteiger partial charge in [0.05, 0.1) is 20.3 Å². The second kappa shape index (κ2) is 6.35. The Morgan fingerprint density at radius 2 is 2.06 bits per heavy atom. The van der Waals surface area contributed by atoms with Crippen molar-refractivity contribution in [1.82, 2.24) is 0 Å². The number of aliphatic hydroxyl groups excluding tert-OH is 2. The van der Waals surface area contributed by atoms with Gasteiger partial charge < -0.3 is 19.7 Å². The molecule has 0 bridgehead atoms. The van der Waals surface area contributed by atoms with Crippen LogP contribution in [0, 0.1) is 5.92 Å². The van der Waals surface area contributed by atoms with E-state index in [2.05, 4.69) is 0 Å². The van der Waals surface area contributed by atoms with E-state index in [1.165, 1.54) is 0 Å². The Bertz CT molecular complexity index is 325. The van der Waals surface area contributed by atoms with Gasteiger partial charge in [0.2, 0.25) is 0 Å². The first-order valence-corrected chi connectivity index (χ1v) is 5.22. The van der Waals surface area contributed by atoms with Crippen molar-refractivity contribution >= 4 is 0 Å². The van der Waals surface area contributed by atoms with Crippen LogP contribution >= 0.6 is 0 Å². The highest BCUT2D eigenvalue weighted by atomic mass is 16.5. The third kappa shape index (κ3) is 3.40. The van der Waals surface area contributed by atoms with Crippen LogP contribution in [-0.2, 0) is 6.61 Å². The van der Waals surface area contributed by atoms with Gasteiger partial charge in [0.25, 0.3) is 0 Å². The SMILES string of the molecule is COc1ccc(CO)c(OCC(C)CO)c1. The summed E-state index contributed by atoms with van der Waals surface area (Å²) in [4.78, 5) is 0. The quantitative estimate of drug-likeness (QED) is 0.765. The molecular formula is C12H18O4. The van der Waals surface area contributed by atoms with E-state index in [0.29, 0.717) is 23.7 Å². The lowest BCUT2D eigenvalue weighted by molar-refractivity contribution is 0.171. The van der Waals surface area contributed by atoms with Crippen molar-refractivity contribution in [2.24, 2.45) is 5.92 Å². The van der Waals surface area contributed by atoms with E-state index in [1.807, 2.05) is 6.92 Å². The number of hydrogen-bond donors (Lipinski definition) is 2. The van der Waals surface area contributed by atoms with Crippen LogP contribution in [0.4, 0.5) is 0 Å². The summed E-state index contributed by atoms with van der Waals surface area (Å²) in [5.74, 6) is 1.35. The number of ether oxygens (including phenoxy) is 2. The van der Waals surface area contributed by atoms with Crippen molar-refractivity contribution in [3.63, 3.8) is 0 Å². The smallest absolute Gasteiger partial charge is 0.128 e. The maximum absolute atomic E-state index is 9.13. The second-order valence-electron chi connectivity index (χ2n) is 3.73. The molecule has 1 rings (SSSR count). The zero-order chi connectivity index (χ0) is 12.0. The molecule has 0 heterocycles. The molecule has 0 aliphatic carbocycles. The Hall–Kier alpha value is -1.26. The molecule has 0 saturated heterocycles. The van der Waals surface area contributed by atoms with E-state index in [-0.39, 0.29) is 19.1 Å². The van der Waals surface area contributed by atoms with E-state index in [1.54, 1.807) is 25.3 Å². The Labute approximate surface area is 95.4 Å². The highest BCUT2D eigenvalue weighted by Crippen LogP contribution is 2.25. The van der Waals surface area contributed by atoms with Gasteiger partial charge in [-0.3, -0.25) is 0 Å². The van der Waals surface area contributed by atoms with Crippen LogP contribution in [0.15, 0.2) is 18.2 Å². The fraction of sp³-hybridized carbons (Fsp3) is 0.500. The molecule has 0 spiro atoms. The molecule has 1 aromatic carbocycles. The molecule has 16 heavy (non-hydrogen) atoms. The van der Waals surface area contributed by atoms with Crippen molar-refractivity contribution in [2.45, 2.75) is 13.5 Å². The number of rotatable bonds is 6. The average Bonchev–Trinajstić information content (AvgIpc) is 2.35. The van der Waals surface area contributed by atoms with Gasteiger partial charge in [-0.2, -0.15) is 0 Å². The Morgan fingerprint density at radius 1 is 1.31 bits per heavy atom. The number of benzene rings is 1. The fourth-order valence-electron chi connectivity index (χ4n) is 1.21. The molecule has 0 aliphatic heterocycles. The molecule has 2 N–H and O–H groups in total. The van der Waals surface area contributed by atoms with Crippen molar-refractivity contribution in [1.29, 1.82) is 0 Å². The van der Waals surface area contributed by atoms with Gasteiger partial charge in [0.1, 0.15) is 11.5 Å². The molecule has 90 valence electrons. The van der Waals surface area contributed by atoms with E-state index in [4.69, 9.17) is 19.7 Å². The zero-order valence-corrected chi connectivity index (χ0v) is 9.64. The van der Waals surface area contributed by atoms with Gasteiger partial charge in [-0.15, -0.1) is 0 Å². The summed E-state index contributed by atoms with van der Waals surface area (Å²) >= 11 is 0. The number of hydrogen-bond acceptors (Lipinski definition) is 4. The van der Waals surface area contributed by atoms with E-state index in [0.717, 1.165) is 0 Å². The zero-order valence-electron chi connectivity index (χ0n) is 9.64. The first kappa shape index (κ1) is 12.8. The van der Waals surface area contributed by atoms with Crippen LogP contribution in [0.2, 0.25) is 0 Å². The van der Waals surface area contributed by atoms with Crippen LogP contribution in [0.25, 0.3) is 0 Å². The van der Waals surface area contributed by atoms with E-state index >= 15 is 0 Å². The van der Waals surface area contributed by atoms with Crippen molar-refractivity contribution in [3.05, 3.63) is 23.8 Å². The molecule has 1 atom stereocenters. The molecule has 0 aromatic heterocycles. The second-order valence-corrected chi connectivity index (χ2v) is 3.73. The lowest BCUT2D eigenvalue weighted by atomic mass is 10.2. The topological polar surface area (TPSA) is 58.9 Å². The Balaban J connectivity index is 2.75. The average molecular weight is 226 g/mol. The van der Waals surface area contributed by atoms with Crippen molar-refractivity contribution in [2.75, 3.05) is 20.3 Å². The highest BCUT2D eigenvalue weighted by Gasteiger charge is 2.07. The highest BCUT2D eigenvalue weighted by molar-refractivity contribution is 5.40. The third-order valence-corrected chi connectivity index (χ3v) is 2.28. The van der Waals surface area contributed by atoms with Crippen molar-refractivity contribution in [3.8, 4) is 11.5 Å². The summed E-state index contributed by atoms with van der Waals surface area (Å²) in [6.07, 6.45) is 0. The summed E-state index contributed by atoms with van der Waals surface area (Å²) in [5.41, 5.74) is 0.714. The maximum atomic E-state index is 9.13. The van der Waals surface area contributed by atoms with Crippen LogP contribution < -0.4 is 9.47 Å². The normalized spacial score (nSPS) is 12.2. The lowest BCUT2D eigenvalue weighted by Crippen LogP contribution is -2.13. The fourth-order valence-corrected chi connectivity index (χ4v) is 1.21. The van der Waals surface area contributed by atoms with E-state index in [9.17, 15) is 0 Å². The van der Waals surface area contributed by atoms with E-state index < -0.39 is 0 Å². The predicted molar refractivity (Wildman–Crippen MR) is 60.7 cm³/mol. The molecule has 0 amide bonds. The van der Waals surface area contributed by atoms with Gasteiger partial charge in [0.15, 0.2) is 0 Å². The summed E-state index contributed by atoms with van der Waals surface area (Å²) in [6, 6.07) is 5.27. The minimum absolute atomic E-state index is 0.0674. The molecule has 0 radical (unpaired) electrons. The van der Waals surface area contributed by atoms with Gasteiger partial charge in [-0.05, 0) is 12.1 Å². The summed E-state index contributed by atoms with van der Waals surface area (Å²) in [5, 5.41) is 18.0. The van der Waals surface area contributed by atoms with Crippen LogP contribution in [-0.4, -0.2) is 30.5 Å². The first-order chi connectivity index (χ1) is 7.71. The van der Waals surface area contributed by atoms with Gasteiger partial charge in [0, 0.05) is 24.2 Å². The molecule has 0 aliphatic rings. The molecule has 4 nitrogen and oxygen atoms in total. The van der Waals surface area contributed by atoms with Crippen LogP contribution in [0.3, 0.4) is 0 Å². The lowest BCUT2D eigenvalue weighted by Gasteiger charge is -2.14. The minimum atomic E-state index is -0.0766. The molecule has 0 fully saturated rings. The summed E-state index contributed by atoms with van der Waals surface area (Å²) in [6.45, 7) is 2.31. The van der Waals surface area contributed by atoms with Gasteiger partial charge >= 0.3 is 0 Å². The van der Waals surface area contributed by atoms with Crippen LogP contribution in [0.1, 0.15) is 12.5 Å². The largest absolute Gasteiger partial charge is 0.497 e. The first-order valence-electron chi connectivity index (χ1n) is 5.22. The number of aliphatic hydroxyl groups is 2. The monoisotopic (exact) mass is 226 g/mol. The number of methoxy groups -OCH3 is 1. The Kier molecular flexibility index (Phi) is 5.08. The maximum Gasteiger partial charge on any atom is 0.128 e. The van der Waals surface area contributed by atoms with Crippen LogP contribution in [0.5, 0.6) is 11.5 Å². The summed E-state index contributed by atoms with van der Waals surface area (Å²) < 4.78 is 10.6. The third-order valence-electron chi connectivity index (χ3n) is 2.28. The molecule has 1 aromatic rings. The predicted octanol–water partition coefficient (Wildman–Crippen LogP) is 1.19. The van der Waals surface area contributed by atoms with Gasteiger partial charge in [-0.25, -0.2) is 0 Å². The molecule has 1 unspecified atom stereocenters.